The van der Waals surface area contributed by atoms with E-state index in [2.05, 4.69) is 39.8 Å². The Hall–Kier alpha value is -0.640. The van der Waals surface area contributed by atoms with Crippen LogP contribution in [0.4, 0.5) is 0 Å². The van der Waals surface area contributed by atoms with Crippen LogP contribution in [-0.4, -0.2) is 28.2 Å². The lowest BCUT2D eigenvalue weighted by atomic mass is 9.62. The summed E-state index contributed by atoms with van der Waals surface area (Å²) in [6.07, 6.45) is 12.2. The number of rotatable bonds is 4. The second-order valence-electron chi connectivity index (χ2n) is 11.3. The van der Waals surface area contributed by atoms with E-state index in [1.54, 1.807) is 0 Å². The molecule has 0 radical (unpaired) electrons. The Kier molecular flexibility index (Phi) is 5.13. The zero-order valence-electron chi connectivity index (χ0n) is 18.5. The molecule has 0 aromatic carbocycles. The van der Waals surface area contributed by atoms with Crippen molar-refractivity contribution in [2.45, 2.75) is 91.0 Å². The maximum absolute atomic E-state index is 11.2. The van der Waals surface area contributed by atoms with Crippen molar-refractivity contribution in [2.75, 3.05) is 6.61 Å². The Morgan fingerprint density at radius 2 is 2.04 bits per heavy atom. The van der Waals surface area contributed by atoms with Gasteiger partial charge in [0.25, 0.3) is 0 Å². The van der Waals surface area contributed by atoms with Gasteiger partial charge in [-0.05, 0) is 94.0 Å². The summed E-state index contributed by atoms with van der Waals surface area (Å²) in [5.74, 6) is 1.09. The molecule has 3 nitrogen and oxygen atoms in total. The number of fused-ring (bicyclic) bond motifs is 1. The second-order valence-corrected chi connectivity index (χ2v) is 11.3. The molecule has 0 bridgehead atoms. The van der Waals surface area contributed by atoms with Gasteiger partial charge in [-0.3, -0.25) is 0 Å². The Morgan fingerprint density at radius 3 is 2.75 bits per heavy atom. The molecule has 3 heteroatoms. The van der Waals surface area contributed by atoms with E-state index >= 15 is 0 Å². The first-order valence-electron chi connectivity index (χ1n) is 11.5. The first-order valence-corrected chi connectivity index (χ1v) is 11.5. The highest BCUT2D eigenvalue weighted by Crippen LogP contribution is 2.63. The van der Waals surface area contributed by atoms with Crippen molar-refractivity contribution in [1.82, 2.24) is 0 Å². The van der Waals surface area contributed by atoms with E-state index in [1.165, 1.54) is 36.8 Å². The lowest BCUT2D eigenvalue weighted by Gasteiger charge is -2.43. The van der Waals surface area contributed by atoms with Crippen LogP contribution in [0.25, 0.3) is 0 Å². The predicted octanol–water partition coefficient (Wildman–Crippen LogP) is 5.23. The highest BCUT2D eigenvalue weighted by atomic mass is 16.6. The minimum Gasteiger partial charge on any atom is -0.390 e. The molecule has 1 saturated heterocycles. The third-order valence-electron chi connectivity index (χ3n) is 8.87. The molecular formula is C25H40O3. The van der Waals surface area contributed by atoms with E-state index in [-0.39, 0.29) is 17.3 Å². The van der Waals surface area contributed by atoms with Gasteiger partial charge in [-0.1, -0.05) is 31.6 Å². The number of hydrogen-bond acceptors (Lipinski definition) is 3. The van der Waals surface area contributed by atoms with Crippen LogP contribution in [0.5, 0.6) is 0 Å². The van der Waals surface area contributed by atoms with Gasteiger partial charge in [0.15, 0.2) is 5.79 Å². The molecule has 2 N–H and O–H groups in total. The van der Waals surface area contributed by atoms with Gasteiger partial charge in [-0.25, -0.2) is 0 Å². The minimum atomic E-state index is -1.15. The fraction of sp³-hybridized carbons (Fsp3) is 0.840. The van der Waals surface area contributed by atoms with E-state index < -0.39 is 11.4 Å². The third kappa shape index (κ3) is 3.32. The van der Waals surface area contributed by atoms with Crippen molar-refractivity contribution in [1.29, 1.82) is 0 Å². The zero-order chi connectivity index (χ0) is 20.3. The van der Waals surface area contributed by atoms with Crippen molar-refractivity contribution >= 4 is 0 Å². The van der Waals surface area contributed by atoms with Gasteiger partial charge in [0.05, 0.1) is 12.2 Å². The molecule has 8 atom stereocenters. The van der Waals surface area contributed by atoms with E-state index in [9.17, 15) is 10.2 Å². The summed E-state index contributed by atoms with van der Waals surface area (Å²) in [4.78, 5) is 0. The highest BCUT2D eigenvalue weighted by molar-refractivity contribution is 5.26. The quantitative estimate of drug-likeness (QED) is 0.649. The number of hydrogen-bond donors (Lipinski definition) is 2. The van der Waals surface area contributed by atoms with Crippen LogP contribution in [0.1, 0.15) is 79.6 Å². The van der Waals surface area contributed by atoms with Gasteiger partial charge in [0.2, 0.25) is 0 Å². The fourth-order valence-electron chi connectivity index (χ4n) is 7.36. The third-order valence-corrected chi connectivity index (χ3v) is 8.87. The smallest absolute Gasteiger partial charge is 0.175 e. The predicted molar refractivity (Wildman–Crippen MR) is 113 cm³/mol. The van der Waals surface area contributed by atoms with Crippen molar-refractivity contribution in [3.05, 3.63) is 23.3 Å². The lowest BCUT2D eigenvalue weighted by molar-refractivity contribution is -0.191. The fourth-order valence-corrected chi connectivity index (χ4v) is 7.36. The number of ether oxygens (including phenoxy) is 1. The average molecular weight is 389 g/mol. The van der Waals surface area contributed by atoms with Gasteiger partial charge in [-0.15, -0.1) is 0 Å². The molecule has 1 aliphatic heterocycles. The first-order chi connectivity index (χ1) is 13.1. The summed E-state index contributed by atoms with van der Waals surface area (Å²) >= 11 is 0. The van der Waals surface area contributed by atoms with Crippen LogP contribution in [0.3, 0.4) is 0 Å². The maximum atomic E-state index is 11.2. The lowest BCUT2D eigenvalue weighted by Crippen LogP contribution is -2.40. The summed E-state index contributed by atoms with van der Waals surface area (Å²) < 4.78 is 5.85. The number of aliphatic hydroxyl groups is 2. The van der Waals surface area contributed by atoms with Crippen molar-refractivity contribution < 1.29 is 14.9 Å². The van der Waals surface area contributed by atoms with Crippen molar-refractivity contribution in [2.24, 2.45) is 35.0 Å². The first kappa shape index (κ1) is 20.6. The molecule has 0 unspecified atom stereocenters. The summed E-state index contributed by atoms with van der Waals surface area (Å²) in [6, 6.07) is 0. The van der Waals surface area contributed by atoms with Crippen molar-refractivity contribution in [3.63, 3.8) is 0 Å². The molecule has 158 valence electrons. The molecule has 0 aromatic rings. The zero-order valence-corrected chi connectivity index (χ0v) is 18.5. The molecule has 0 aromatic heterocycles. The Morgan fingerprint density at radius 1 is 1.29 bits per heavy atom. The molecule has 0 spiro atoms. The Balaban J connectivity index is 1.59. The topological polar surface area (TPSA) is 49.7 Å². The van der Waals surface area contributed by atoms with Crippen LogP contribution < -0.4 is 0 Å². The molecule has 3 fully saturated rings. The van der Waals surface area contributed by atoms with E-state index in [1.807, 2.05) is 6.92 Å². The van der Waals surface area contributed by atoms with Crippen molar-refractivity contribution in [3.8, 4) is 0 Å². The molecule has 4 rings (SSSR count). The molecule has 2 saturated carbocycles. The Bertz CT molecular complexity index is 673. The summed E-state index contributed by atoms with van der Waals surface area (Å²) in [5.41, 5.74) is 2.06. The number of allylic oxidation sites excluding steroid dienone is 3. The standard InChI is InChI=1S/C25H40O3/c1-16(2)7-6-8-17(3)19-11-12-23(4)13-21-22-18(9-10-20(19)23)14-28-25(22,27)15-24(21,5)26/h7,9,17,19-22,26-27H,6,8,10-15H2,1-5H3/b18-9-/t17-,19-,20+,21+,22-,23-,24-,25+/m1/s1. The van der Waals surface area contributed by atoms with E-state index in [0.717, 1.165) is 24.7 Å². The average Bonchev–Trinajstić information content (AvgIpc) is 3.11. The van der Waals surface area contributed by atoms with Crippen LogP contribution in [-0.2, 0) is 4.74 Å². The van der Waals surface area contributed by atoms with Crippen LogP contribution in [0.15, 0.2) is 23.3 Å². The van der Waals surface area contributed by atoms with Gasteiger partial charge in [0.1, 0.15) is 0 Å². The monoisotopic (exact) mass is 388 g/mol. The largest absolute Gasteiger partial charge is 0.390 e. The second kappa shape index (κ2) is 6.96. The van der Waals surface area contributed by atoms with Gasteiger partial charge >= 0.3 is 0 Å². The molecular weight excluding hydrogens is 348 g/mol. The normalized spacial score (nSPS) is 50.2. The molecule has 28 heavy (non-hydrogen) atoms. The van der Waals surface area contributed by atoms with Crippen LogP contribution >= 0.6 is 0 Å². The SMILES string of the molecule is CC(C)=CCC[C@@H](C)[C@H]1CC[C@]2(C)C[C@H]3[C@H]4/C(=C\C[C@@H]12)CO[C@@]4(O)C[C@@]3(C)O. The maximum Gasteiger partial charge on any atom is 0.175 e. The van der Waals surface area contributed by atoms with E-state index in [4.69, 9.17) is 4.74 Å². The van der Waals surface area contributed by atoms with Gasteiger partial charge in [0, 0.05) is 12.3 Å². The minimum absolute atomic E-state index is 0.0191. The summed E-state index contributed by atoms with van der Waals surface area (Å²) in [6.45, 7) is 11.7. The van der Waals surface area contributed by atoms with Gasteiger partial charge in [-0.2, -0.15) is 0 Å². The molecule has 1 heterocycles. The van der Waals surface area contributed by atoms with Gasteiger partial charge < -0.3 is 14.9 Å². The highest BCUT2D eigenvalue weighted by Gasteiger charge is 2.65. The Labute approximate surface area is 171 Å². The summed E-state index contributed by atoms with van der Waals surface area (Å²) in [7, 11) is 0. The molecule has 3 aliphatic carbocycles. The molecule has 4 aliphatic rings. The van der Waals surface area contributed by atoms with Crippen LogP contribution in [0, 0.1) is 35.0 Å². The molecule has 0 amide bonds. The summed E-state index contributed by atoms with van der Waals surface area (Å²) in [5, 5.41) is 22.3. The van der Waals surface area contributed by atoms with Crippen LogP contribution in [0.2, 0.25) is 0 Å². The van der Waals surface area contributed by atoms with E-state index in [0.29, 0.717) is 18.9 Å².